The number of amides is 4. The second-order valence-corrected chi connectivity index (χ2v) is 8.88. The molecule has 1 N–H and O–H groups in total. The number of hydrogen-bond acceptors (Lipinski definition) is 4. The Kier molecular flexibility index (Phi) is 5.72. The van der Waals surface area contributed by atoms with Gasteiger partial charge in [-0.15, -0.1) is 0 Å². The van der Waals surface area contributed by atoms with Gasteiger partial charge in [-0.25, -0.2) is 4.79 Å². The monoisotopic (exact) mass is 444 g/mol. The number of carbonyl (C=O) groups excluding carboxylic acids is 3. The van der Waals surface area contributed by atoms with E-state index in [1.54, 1.807) is 4.90 Å². The Balaban J connectivity index is 1.15. The van der Waals surface area contributed by atoms with Gasteiger partial charge in [0.05, 0.1) is 0 Å². The number of imide groups is 1. The summed E-state index contributed by atoms with van der Waals surface area (Å²) in [4.78, 5) is 44.0. The molecule has 0 radical (unpaired) electrons. The maximum absolute atomic E-state index is 13.3. The predicted molar refractivity (Wildman–Crippen MR) is 125 cm³/mol. The first-order chi connectivity index (χ1) is 16.1. The third kappa shape index (κ3) is 4.04. The summed E-state index contributed by atoms with van der Waals surface area (Å²) in [5.74, 6) is -0.489. The smallest absolute Gasteiger partial charge is 0.325 e. The fraction of sp³-hybridized carbons (Fsp3) is 0.346. The Morgan fingerprint density at radius 3 is 2.48 bits per heavy atom. The fourth-order valence-electron chi connectivity index (χ4n) is 5.05. The second kappa shape index (κ2) is 8.83. The Hall–Kier alpha value is -3.45. The van der Waals surface area contributed by atoms with Gasteiger partial charge in [0.1, 0.15) is 12.1 Å². The van der Waals surface area contributed by atoms with E-state index >= 15 is 0 Å². The van der Waals surface area contributed by atoms with Gasteiger partial charge in [-0.05, 0) is 29.5 Å². The molecule has 0 aromatic heterocycles. The first-order valence-electron chi connectivity index (χ1n) is 11.5. The van der Waals surface area contributed by atoms with Crippen molar-refractivity contribution in [3.8, 4) is 0 Å². The predicted octanol–water partition coefficient (Wildman–Crippen LogP) is 2.24. The van der Waals surface area contributed by atoms with Crippen LogP contribution in [0.2, 0.25) is 0 Å². The van der Waals surface area contributed by atoms with Gasteiger partial charge in [0.15, 0.2) is 0 Å². The highest BCUT2D eigenvalue weighted by molar-refractivity contribution is 6.09. The van der Waals surface area contributed by atoms with Crippen LogP contribution in [0.5, 0.6) is 0 Å². The normalized spacial score (nSPS) is 22.9. The lowest BCUT2D eigenvalue weighted by Crippen LogP contribution is -2.52. The molecule has 0 bridgehead atoms. The molecule has 5 rings (SSSR count). The van der Waals surface area contributed by atoms with Gasteiger partial charge < -0.3 is 10.2 Å². The van der Waals surface area contributed by atoms with E-state index in [1.807, 2.05) is 42.5 Å². The highest BCUT2D eigenvalue weighted by Crippen LogP contribution is 2.41. The first kappa shape index (κ1) is 21.4. The molecule has 3 aliphatic rings. The topological polar surface area (TPSA) is 73.0 Å². The molecule has 2 fully saturated rings. The number of carbonyl (C=O) groups is 3. The number of hydrogen-bond donors (Lipinski definition) is 1. The minimum atomic E-state index is -1.02. The Bertz CT molecular complexity index is 1090. The van der Waals surface area contributed by atoms with Crippen molar-refractivity contribution in [1.29, 1.82) is 0 Å². The summed E-state index contributed by atoms with van der Waals surface area (Å²) in [5.41, 5.74) is 2.09. The van der Waals surface area contributed by atoms with E-state index < -0.39 is 11.6 Å². The lowest BCUT2D eigenvalue weighted by Gasteiger charge is -2.34. The molecule has 1 atom stereocenters. The summed E-state index contributed by atoms with van der Waals surface area (Å²) in [5, 5.41) is 2.89. The number of aryl methyl sites for hydroxylation is 1. The van der Waals surface area contributed by atoms with Crippen molar-refractivity contribution < 1.29 is 14.4 Å². The Morgan fingerprint density at radius 2 is 1.70 bits per heavy atom. The van der Waals surface area contributed by atoms with Crippen LogP contribution in [0.15, 0.2) is 60.7 Å². The molecule has 1 spiro atoms. The number of urea groups is 1. The lowest BCUT2D eigenvalue weighted by atomic mass is 9.92. The quantitative estimate of drug-likeness (QED) is 0.718. The van der Waals surface area contributed by atoms with Gasteiger partial charge in [-0.3, -0.25) is 19.4 Å². The molecule has 7 heteroatoms. The van der Waals surface area contributed by atoms with Gasteiger partial charge in [0.2, 0.25) is 5.91 Å². The number of benzene rings is 2. The second-order valence-electron chi connectivity index (χ2n) is 8.88. The highest BCUT2D eigenvalue weighted by Gasteiger charge is 2.55. The van der Waals surface area contributed by atoms with E-state index in [-0.39, 0.29) is 18.4 Å². The average molecular weight is 445 g/mol. The molecule has 2 aromatic carbocycles. The van der Waals surface area contributed by atoms with E-state index in [1.165, 1.54) is 5.56 Å². The van der Waals surface area contributed by atoms with E-state index in [0.29, 0.717) is 19.5 Å². The summed E-state index contributed by atoms with van der Waals surface area (Å²) >= 11 is 0. The zero-order valence-electron chi connectivity index (χ0n) is 18.6. The van der Waals surface area contributed by atoms with Crippen LogP contribution >= 0.6 is 0 Å². The van der Waals surface area contributed by atoms with Crippen molar-refractivity contribution in [2.24, 2.45) is 0 Å². The Morgan fingerprint density at radius 1 is 0.970 bits per heavy atom. The molecule has 33 heavy (non-hydrogen) atoms. The number of piperazine rings is 1. The molecule has 2 heterocycles. The molecule has 170 valence electrons. The van der Waals surface area contributed by atoms with Crippen molar-refractivity contribution in [2.75, 3.05) is 39.3 Å². The minimum Gasteiger partial charge on any atom is -0.339 e. The molecular weight excluding hydrogens is 416 g/mol. The van der Waals surface area contributed by atoms with Gasteiger partial charge >= 0.3 is 6.03 Å². The van der Waals surface area contributed by atoms with Crippen molar-refractivity contribution >= 4 is 23.9 Å². The van der Waals surface area contributed by atoms with Crippen LogP contribution in [-0.2, 0) is 21.5 Å². The number of nitrogens with one attached hydrogen (secondary N) is 1. The van der Waals surface area contributed by atoms with E-state index in [9.17, 15) is 14.4 Å². The Labute approximate surface area is 193 Å². The van der Waals surface area contributed by atoms with Crippen molar-refractivity contribution in [3.05, 3.63) is 77.4 Å². The van der Waals surface area contributed by atoms with E-state index in [0.717, 1.165) is 42.1 Å². The van der Waals surface area contributed by atoms with Crippen molar-refractivity contribution in [3.63, 3.8) is 0 Å². The molecule has 1 aliphatic carbocycles. The van der Waals surface area contributed by atoms with Crippen LogP contribution in [0.3, 0.4) is 0 Å². The summed E-state index contributed by atoms with van der Waals surface area (Å²) in [6, 6.07) is 17.4. The van der Waals surface area contributed by atoms with Crippen LogP contribution in [0, 0.1) is 0 Å². The van der Waals surface area contributed by atoms with Crippen LogP contribution in [0.25, 0.3) is 6.08 Å². The first-order valence-corrected chi connectivity index (χ1v) is 11.5. The molecule has 2 saturated heterocycles. The van der Waals surface area contributed by atoms with Crippen molar-refractivity contribution in [1.82, 2.24) is 20.0 Å². The zero-order valence-corrected chi connectivity index (χ0v) is 18.6. The number of fused-ring (bicyclic) bond motifs is 2. The molecule has 0 saturated carbocycles. The van der Waals surface area contributed by atoms with Crippen LogP contribution in [0.1, 0.15) is 23.1 Å². The average Bonchev–Trinajstić information content (AvgIpc) is 3.33. The molecule has 1 unspecified atom stereocenters. The van der Waals surface area contributed by atoms with Crippen LogP contribution in [0.4, 0.5) is 4.79 Å². The van der Waals surface area contributed by atoms with Gasteiger partial charge in [0, 0.05) is 32.7 Å². The number of rotatable bonds is 5. The molecule has 7 nitrogen and oxygen atoms in total. The van der Waals surface area contributed by atoms with E-state index in [4.69, 9.17) is 0 Å². The van der Waals surface area contributed by atoms with Gasteiger partial charge in [0.25, 0.3) is 5.91 Å². The fourth-order valence-corrected chi connectivity index (χ4v) is 5.05. The third-order valence-electron chi connectivity index (χ3n) is 6.91. The largest absolute Gasteiger partial charge is 0.339 e. The zero-order chi connectivity index (χ0) is 22.8. The van der Waals surface area contributed by atoms with E-state index in [2.05, 4.69) is 34.5 Å². The van der Waals surface area contributed by atoms with Crippen LogP contribution < -0.4 is 5.32 Å². The molecule has 4 amide bonds. The molecule has 2 aliphatic heterocycles. The summed E-state index contributed by atoms with van der Waals surface area (Å²) < 4.78 is 0. The van der Waals surface area contributed by atoms with Gasteiger partial charge in [-0.2, -0.15) is 0 Å². The number of nitrogens with zero attached hydrogens (tertiary/aromatic N) is 3. The summed E-state index contributed by atoms with van der Waals surface area (Å²) in [6.45, 7) is 3.34. The maximum atomic E-state index is 13.3. The highest BCUT2D eigenvalue weighted by atomic mass is 16.2. The summed E-state index contributed by atoms with van der Waals surface area (Å²) in [6.07, 6.45) is 5.52. The maximum Gasteiger partial charge on any atom is 0.325 e. The van der Waals surface area contributed by atoms with Gasteiger partial charge in [-0.1, -0.05) is 66.7 Å². The minimum absolute atomic E-state index is 0.179. The molecule has 2 aromatic rings. The lowest BCUT2D eigenvalue weighted by molar-refractivity contribution is -0.140. The van der Waals surface area contributed by atoms with Crippen molar-refractivity contribution in [2.45, 2.75) is 18.4 Å². The summed E-state index contributed by atoms with van der Waals surface area (Å²) in [7, 11) is 0. The molecular formula is C26H28N4O3. The third-order valence-corrected chi connectivity index (χ3v) is 6.91. The standard InChI is InChI=1S/C26H28N4O3/c31-23(29-17-15-28(16-18-29)14-6-9-20-7-2-1-3-8-20)19-30-24(32)26(27-25(30)33)13-12-21-10-4-5-11-22(21)26/h1-11H,12-19H2,(H,27,33). The van der Waals surface area contributed by atoms with Crippen LogP contribution in [-0.4, -0.2) is 71.8 Å². The SMILES string of the molecule is O=C(CN1C(=O)NC2(CCc3ccccc32)C1=O)N1CCN(CC=Cc2ccccc2)CC1.